The zero-order valence-electron chi connectivity index (χ0n) is 21.0. The predicted molar refractivity (Wildman–Crippen MR) is 144 cm³/mol. The lowest BCUT2D eigenvalue weighted by Gasteiger charge is -2.22. The highest BCUT2D eigenvalue weighted by Crippen LogP contribution is 2.33. The standard InChI is InChI=1S/C31H26N2O5/c1-3-37-27-19-33-26(17-14-20(2)29(33)32-27)28(38-31(36)22-12-8-5-9-13-22)23-15-16-24(25(18-23)30(34)35)21-10-6-4-7-11-21/h4-19,28H,3H2,1-2H3,(H,34,35). The van der Waals surface area contributed by atoms with Gasteiger partial charge >= 0.3 is 11.9 Å². The highest BCUT2D eigenvalue weighted by molar-refractivity contribution is 5.96. The van der Waals surface area contributed by atoms with Crippen molar-refractivity contribution in [2.45, 2.75) is 20.0 Å². The predicted octanol–water partition coefficient (Wildman–Crippen LogP) is 6.35. The van der Waals surface area contributed by atoms with Crippen LogP contribution in [-0.4, -0.2) is 33.0 Å². The molecule has 0 radical (unpaired) electrons. The molecule has 1 unspecified atom stereocenters. The van der Waals surface area contributed by atoms with Gasteiger partial charge in [-0.1, -0.05) is 66.7 Å². The highest BCUT2D eigenvalue weighted by atomic mass is 16.5. The van der Waals surface area contributed by atoms with Crippen LogP contribution >= 0.6 is 0 Å². The third kappa shape index (κ3) is 4.86. The van der Waals surface area contributed by atoms with Gasteiger partial charge in [0.1, 0.15) is 5.65 Å². The summed E-state index contributed by atoms with van der Waals surface area (Å²) >= 11 is 0. The number of aryl methyl sites for hydroxylation is 1. The molecular formula is C31H26N2O5. The summed E-state index contributed by atoms with van der Waals surface area (Å²) < 4.78 is 13.5. The number of nitrogens with zero attached hydrogens (tertiary/aromatic N) is 2. The number of ether oxygens (including phenoxy) is 2. The Morgan fingerprint density at radius 3 is 2.34 bits per heavy atom. The second-order valence-electron chi connectivity index (χ2n) is 8.77. The van der Waals surface area contributed by atoms with Crippen LogP contribution in [0.15, 0.2) is 97.2 Å². The van der Waals surface area contributed by atoms with Crippen molar-refractivity contribution in [3.05, 3.63) is 125 Å². The molecule has 2 heterocycles. The quantitative estimate of drug-likeness (QED) is 0.247. The lowest BCUT2D eigenvalue weighted by Crippen LogP contribution is -2.16. The number of carboxylic acid groups (broad SMARTS) is 1. The summed E-state index contributed by atoms with van der Waals surface area (Å²) in [5, 5.41) is 10.1. The molecule has 0 aliphatic rings. The Labute approximate surface area is 219 Å². The van der Waals surface area contributed by atoms with Gasteiger partial charge in [0.15, 0.2) is 6.10 Å². The number of hydrogen-bond acceptors (Lipinski definition) is 5. The molecule has 1 N–H and O–H groups in total. The lowest BCUT2D eigenvalue weighted by molar-refractivity contribution is 0.0368. The zero-order valence-corrected chi connectivity index (χ0v) is 21.0. The number of fused-ring (bicyclic) bond motifs is 1. The van der Waals surface area contributed by atoms with Crippen molar-refractivity contribution in [3.63, 3.8) is 0 Å². The molecule has 5 aromatic rings. The number of rotatable bonds is 8. The van der Waals surface area contributed by atoms with Crippen LogP contribution in [0.2, 0.25) is 0 Å². The fraction of sp³-hybridized carbons (Fsp3) is 0.129. The molecule has 0 aliphatic carbocycles. The smallest absolute Gasteiger partial charge is 0.339 e. The van der Waals surface area contributed by atoms with E-state index in [-0.39, 0.29) is 5.56 Å². The van der Waals surface area contributed by atoms with Gasteiger partial charge in [0.05, 0.1) is 29.6 Å². The average Bonchev–Trinajstić information content (AvgIpc) is 3.38. The van der Waals surface area contributed by atoms with Crippen molar-refractivity contribution in [1.82, 2.24) is 9.38 Å². The molecule has 2 aromatic heterocycles. The minimum Gasteiger partial charge on any atom is -0.478 e. The number of carboxylic acids is 1. The van der Waals surface area contributed by atoms with E-state index < -0.39 is 18.0 Å². The van der Waals surface area contributed by atoms with Crippen LogP contribution in [0.5, 0.6) is 5.88 Å². The maximum atomic E-state index is 13.2. The molecule has 38 heavy (non-hydrogen) atoms. The maximum absolute atomic E-state index is 13.2. The Kier molecular flexibility index (Phi) is 6.91. The monoisotopic (exact) mass is 506 g/mol. The molecule has 5 rings (SSSR count). The molecule has 0 saturated carbocycles. The minimum absolute atomic E-state index is 0.110. The Balaban J connectivity index is 1.68. The van der Waals surface area contributed by atoms with E-state index in [1.807, 2.05) is 66.8 Å². The van der Waals surface area contributed by atoms with E-state index in [9.17, 15) is 14.7 Å². The summed E-state index contributed by atoms with van der Waals surface area (Å²) in [5.74, 6) is -1.16. The molecule has 190 valence electrons. The number of esters is 1. The third-order valence-electron chi connectivity index (χ3n) is 6.28. The van der Waals surface area contributed by atoms with Gasteiger partial charge in [-0.2, -0.15) is 4.98 Å². The summed E-state index contributed by atoms with van der Waals surface area (Å²) in [6.45, 7) is 4.27. The topological polar surface area (TPSA) is 90.1 Å². The van der Waals surface area contributed by atoms with E-state index >= 15 is 0 Å². The van der Waals surface area contributed by atoms with E-state index in [0.29, 0.717) is 40.5 Å². The molecule has 0 saturated heterocycles. The van der Waals surface area contributed by atoms with Crippen molar-refractivity contribution < 1.29 is 24.2 Å². The second-order valence-corrected chi connectivity index (χ2v) is 8.77. The minimum atomic E-state index is -1.07. The number of aromatic carboxylic acids is 1. The van der Waals surface area contributed by atoms with Crippen molar-refractivity contribution >= 4 is 17.6 Å². The van der Waals surface area contributed by atoms with Crippen LogP contribution in [0.3, 0.4) is 0 Å². The van der Waals surface area contributed by atoms with Crippen LogP contribution in [0.1, 0.15) is 50.6 Å². The van der Waals surface area contributed by atoms with Gasteiger partial charge < -0.3 is 14.6 Å². The maximum Gasteiger partial charge on any atom is 0.339 e. The van der Waals surface area contributed by atoms with E-state index in [1.165, 1.54) is 0 Å². The van der Waals surface area contributed by atoms with Crippen molar-refractivity contribution in [2.75, 3.05) is 6.61 Å². The lowest BCUT2D eigenvalue weighted by atomic mass is 9.94. The Hall–Kier alpha value is -4.91. The summed E-state index contributed by atoms with van der Waals surface area (Å²) in [5.41, 5.74) is 4.55. The molecule has 0 fully saturated rings. The molecule has 0 bridgehead atoms. The second kappa shape index (κ2) is 10.6. The summed E-state index contributed by atoms with van der Waals surface area (Å²) in [4.78, 5) is 30.2. The van der Waals surface area contributed by atoms with E-state index in [0.717, 1.165) is 11.1 Å². The Bertz CT molecular complexity index is 1610. The molecule has 3 aromatic carbocycles. The van der Waals surface area contributed by atoms with Crippen molar-refractivity contribution in [3.8, 4) is 17.0 Å². The van der Waals surface area contributed by atoms with Gasteiger partial charge in [0.25, 0.3) is 0 Å². The van der Waals surface area contributed by atoms with Crippen LogP contribution in [0.25, 0.3) is 16.8 Å². The Morgan fingerprint density at radius 1 is 0.947 bits per heavy atom. The normalized spacial score (nSPS) is 11.7. The molecular weight excluding hydrogens is 480 g/mol. The number of imidazole rings is 1. The highest BCUT2D eigenvalue weighted by Gasteiger charge is 2.26. The number of carbonyl (C=O) groups excluding carboxylic acids is 1. The van der Waals surface area contributed by atoms with E-state index in [1.54, 1.807) is 48.7 Å². The van der Waals surface area contributed by atoms with Crippen LogP contribution < -0.4 is 4.74 Å². The van der Waals surface area contributed by atoms with Crippen LogP contribution in [-0.2, 0) is 4.74 Å². The molecule has 1 atom stereocenters. The van der Waals surface area contributed by atoms with Gasteiger partial charge in [-0.05, 0) is 60.4 Å². The number of hydrogen-bond donors (Lipinski definition) is 1. The number of benzene rings is 3. The molecule has 7 heteroatoms. The molecule has 0 spiro atoms. The fourth-order valence-corrected chi connectivity index (χ4v) is 4.45. The summed E-state index contributed by atoms with van der Waals surface area (Å²) in [7, 11) is 0. The summed E-state index contributed by atoms with van der Waals surface area (Å²) in [6, 6.07) is 26.9. The first kappa shape index (κ1) is 24.8. The first-order chi connectivity index (χ1) is 18.5. The number of carbonyl (C=O) groups is 2. The molecule has 0 amide bonds. The van der Waals surface area contributed by atoms with E-state index in [4.69, 9.17) is 9.47 Å². The van der Waals surface area contributed by atoms with Crippen molar-refractivity contribution in [2.24, 2.45) is 0 Å². The number of pyridine rings is 1. The average molecular weight is 507 g/mol. The Morgan fingerprint density at radius 2 is 1.66 bits per heavy atom. The first-order valence-electron chi connectivity index (χ1n) is 12.3. The summed E-state index contributed by atoms with van der Waals surface area (Å²) in [6.07, 6.45) is 0.832. The van der Waals surface area contributed by atoms with Gasteiger partial charge in [-0.25, -0.2) is 9.59 Å². The zero-order chi connectivity index (χ0) is 26.6. The van der Waals surface area contributed by atoms with Gasteiger partial charge in [0.2, 0.25) is 5.88 Å². The van der Waals surface area contributed by atoms with Crippen molar-refractivity contribution in [1.29, 1.82) is 0 Å². The number of aromatic nitrogens is 2. The third-order valence-corrected chi connectivity index (χ3v) is 6.28. The van der Waals surface area contributed by atoms with Gasteiger partial charge in [-0.3, -0.25) is 4.40 Å². The SMILES string of the molecule is CCOc1cn2c(C(OC(=O)c3ccccc3)c3ccc(-c4ccccc4)c(C(=O)O)c3)ccc(C)c2n1. The van der Waals surface area contributed by atoms with Gasteiger partial charge in [0, 0.05) is 0 Å². The van der Waals surface area contributed by atoms with Crippen LogP contribution in [0.4, 0.5) is 0 Å². The first-order valence-corrected chi connectivity index (χ1v) is 12.3. The fourth-order valence-electron chi connectivity index (χ4n) is 4.45. The van der Waals surface area contributed by atoms with E-state index in [2.05, 4.69) is 4.98 Å². The largest absolute Gasteiger partial charge is 0.478 e. The molecule has 7 nitrogen and oxygen atoms in total. The van der Waals surface area contributed by atoms with Gasteiger partial charge in [-0.15, -0.1) is 0 Å². The molecule has 0 aliphatic heterocycles. The van der Waals surface area contributed by atoms with Crippen LogP contribution in [0, 0.1) is 6.92 Å².